The molecule has 2 heterocycles. The number of thiophene rings is 1. The maximum absolute atomic E-state index is 12.2. The molecular formula is C17H13ClN4O4S. The van der Waals surface area contributed by atoms with Crippen LogP contribution in [0.5, 0.6) is 0 Å². The van der Waals surface area contributed by atoms with Crippen molar-refractivity contribution in [2.75, 3.05) is 6.54 Å². The van der Waals surface area contributed by atoms with Crippen LogP contribution in [0.4, 0.5) is 5.69 Å². The van der Waals surface area contributed by atoms with Gasteiger partial charge >= 0.3 is 0 Å². The summed E-state index contributed by atoms with van der Waals surface area (Å²) < 4.78 is 1.26. The highest BCUT2D eigenvalue weighted by Crippen LogP contribution is 2.25. The Morgan fingerprint density at radius 3 is 2.81 bits per heavy atom. The first-order chi connectivity index (χ1) is 13.0. The Bertz CT molecular complexity index is 1050. The van der Waals surface area contributed by atoms with Crippen LogP contribution in [0.1, 0.15) is 10.4 Å². The number of nitrogens with zero attached hydrogens (tertiary/aromatic N) is 3. The van der Waals surface area contributed by atoms with Crippen LogP contribution in [0.15, 0.2) is 52.6 Å². The number of nitro groups is 1. The Balaban J connectivity index is 1.67. The highest BCUT2D eigenvalue weighted by Gasteiger charge is 2.16. The number of amides is 1. The lowest BCUT2D eigenvalue weighted by Crippen LogP contribution is -2.31. The lowest BCUT2D eigenvalue weighted by atomic mass is 10.2. The lowest BCUT2D eigenvalue weighted by molar-refractivity contribution is -0.384. The Morgan fingerprint density at radius 2 is 2.11 bits per heavy atom. The van der Waals surface area contributed by atoms with E-state index in [9.17, 15) is 19.7 Å². The third-order valence-corrected chi connectivity index (χ3v) is 4.87. The van der Waals surface area contributed by atoms with E-state index in [1.54, 1.807) is 6.07 Å². The molecular weight excluding hydrogens is 392 g/mol. The van der Waals surface area contributed by atoms with Gasteiger partial charge in [-0.05, 0) is 29.6 Å². The number of hydrogen-bond acceptors (Lipinski definition) is 6. The second-order valence-corrected chi connectivity index (χ2v) is 6.79. The lowest BCUT2D eigenvalue weighted by Gasteiger charge is -2.08. The molecule has 10 heteroatoms. The van der Waals surface area contributed by atoms with E-state index < -0.39 is 10.8 Å². The smallest absolute Gasteiger partial charge is 0.288 e. The summed E-state index contributed by atoms with van der Waals surface area (Å²) >= 11 is 7.24. The molecule has 3 rings (SSSR count). The van der Waals surface area contributed by atoms with E-state index in [1.165, 1.54) is 34.2 Å². The zero-order chi connectivity index (χ0) is 19.4. The predicted molar refractivity (Wildman–Crippen MR) is 102 cm³/mol. The summed E-state index contributed by atoms with van der Waals surface area (Å²) in [6, 6.07) is 10.7. The zero-order valence-corrected chi connectivity index (χ0v) is 15.4. The molecule has 27 heavy (non-hydrogen) atoms. The first-order valence-corrected chi connectivity index (χ1v) is 9.05. The number of carbonyl (C=O) groups is 1. The van der Waals surface area contributed by atoms with Gasteiger partial charge in [-0.25, -0.2) is 4.68 Å². The fraction of sp³-hybridized carbons (Fsp3) is 0.118. The number of nitrogens with one attached hydrogen (secondary N) is 1. The van der Waals surface area contributed by atoms with Crippen LogP contribution in [0.2, 0.25) is 5.02 Å². The Hall–Kier alpha value is -3.04. The molecule has 8 nitrogen and oxygen atoms in total. The summed E-state index contributed by atoms with van der Waals surface area (Å²) in [5.74, 6) is -0.503. The summed E-state index contributed by atoms with van der Waals surface area (Å²) in [5.41, 5.74) is 0.153. The summed E-state index contributed by atoms with van der Waals surface area (Å²) in [6.07, 6.45) is 0. The van der Waals surface area contributed by atoms with Gasteiger partial charge in [0.25, 0.3) is 17.2 Å². The quantitative estimate of drug-likeness (QED) is 0.502. The molecule has 0 aliphatic rings. The number of nitro benzene ring substituents is 1. The summed E-state index contributed by atoms with van der Waals surface area (Å²) in [6.45, 7) is 0.301. The van der Waals surface area contributed by atoms with Gasteiger partial charge < -0.3 is 5.32 Å². The van der Waals surface area contributed by atoms with Crippen molar-refractivity contribution in [1.82, 2.24) is 15.1 Å². The summed E-state index contributed by atoms with van der Waals surface area (Å²) in [5, 5.41) is 19.7. The van der Waals surface area contributed by atoms with E-state index in [-0.39, 0.29) is 34.9 Å². The van der Waals surface area contributed by atoms with Crippen LogP contribution >= 0.6 is 22.9 Å². The number of carbonyl (C=O) groups excluding carboxylic acids is 1. The van der Waals surface area contributed by atoms with Crippen molar-refractivity contribution in [3.8, 4) is 10.6 Å². The maximum atomic E-state index is 12.2. The van der Waals surface area contributed by atoms with E-state index in [2.05, 4.69) is 10.4 Å². The van der Waals surface area contributed by atoms with Gasteiger partial charge in [-0.15, -0.1) is 11.3 Å². The molecule has 1 aromatic carbocycles. The molecule has 1 amide bonds. The predicted octanol–water partition coefficient (Wildman–Crippen LogP) is 2.96. The van der Waals surface area contributed by atoms with Crippen molar-refractivity contribution in [2.45, 2.75) is 6.54 Å². The van der Waals surface area contributed by atoms with Gasteiger partial charge in [0.05, 0.1) is 16.3 Å². The average molecular weight is 405 g/mol. The number of aromatic nitrogens is 2. The minimum atomic E-state index is -0.654. The molecule has 0 fully saturated rings. The monoisotopic (exact) mass is 404 g/mol. The highest BCUT2D eigenvalue weighted by atomic mass is 35.5. The molecule has 0 radical (unpaired) electrons. The van der Waals surface area contributed by atoms with E-state index in [0.717, 1.165) is 10.9 Å². The Kier molecular flexibility index (Phi) is 5.63. The van der Waals surface area contributed by atoms with Crippen molar-refractivity contribution >= 4 is 34.5 Å². The average Bonchev–Trinajstić information content (AvgIpc) is 3.18. The van der Waals surface area contributed by atoms with Crippen LogP contribution in [0.3, 0.4) is 0 Å². The van der Waals surface area contributed by atoms with Crippen molar-refractivity contribution in [3.63, 3.8) is 0 Å². The number of hydrogen-bond donors (Lipinski definition) is 1. The van der Waals surface area contributed by atoms with Gasteiger partial charge in [0.1, 0.15) is 10.7 Å². The normalized spacial score (nSPS) is 10.6. The third-order valence-electron chi connectivity index (χ3n) is 3.65. The molecule has 2 aromatic heterocycles. The largest absolute Gasteiger partial charge is 0.350 e. The van der Waals surface area contributed by atoms with Gasteiger partial charge in [0.2, 0.25) is 0 Å². The van der Waals surface area contributed by atoms with Crippen LogP contribution < -0.4 is 10.9 Å². The Labute approximate surface area is 162 Å². The van der Waals surface area contributed by atoms with Crippen molar-refractivity contribution in [1.29, 1.82) is 0 Å². The van der Waals surface area contributed by atoms with E-state index in [1.807, 2.05) is 17.5 Å². The van der Waals surface area contributed by atoms with E-state index in [0.29, 0.717) is 5.69 Å². The molecule has 138 valence electrons. The summed E-state index contributed by atoms with van der Waals surface area (Å²) in [7, 11) is 0. The summed E-state index contributed by atoms with van der Waals surface area (Å²) in [4.78, 5) is 35.3. The van der Waals surface area contributed by atoms with Crippen molar-refractivity contribution in [3.05, 3.63) is 78.9 Å². The molecule has 0 saturated heterocycles. The maximum Gasteiger partial charge on any atom is 0.288 e. The molecule has 0 saturated carbocycles. The molecule has 0 spiro atoms. The fourth-order valence-electron chi connectivity index (χ4n) is 2.34. The third kappa shape index (κ3) is 4.39. The fourth-order valence-corrected chi connectivity index (χ4v) is 3.21. The zero-order valence-electron chi connectivity index (χ0n) is 13.8. The van der Waals surface area contributed by atoms with E-state index in [4.69, 9.17) is 11.6 Å². The van der Waals surface area contributed by atoms with Crippen LogP contribution in [-0.4, -0.2) is 27.2 Å². The van der Waals surface area contributed by atoms with Gasteiger partial charge in [-0.1, -0.05) is 17.7 Å². The van der Waals surface area contributed by atoms with E-state index >= 15 is 0 Å². The Morgan fingerprint density at radius 1 is 1.30 bits per heavy atom. The SMILES string of the molecule is O=C(NCCn1nc(-c2cccs2)ccc1=O)c1ccc(Cl)c([N+](=O)[O-])c1. The van der Waals surface area contributed by atoms with Crippen LogP contribution in [0.25, 0.3) is 10.6 Å². The van der Waals surface area contributed by atoms with Gasteiger partial charge in [-0.3, -0.25) is 19.7 Å². The first-order valence-electron chi connectivity index (χ1n) is 7.80. The number of rotatable bonds is 6. The van der Waals surface area contributed by atoms with Gasteiger partial charge in [-0.2, -0.15) is 5.10 Å². The van der Waals surface area contributed by atoms with Crippen LogP contribution in [0, 0.1) is 10.1 Å². The standard InChI is InChI=1S/C17H13ClN4O4S/c18-12-4-3-11(10-14(12)22(25)26)17(24)19-7-8-21-16(23)6-5-13(20-21)15-2-1-9-27-15/h1-6,9-10H,7-8H2,(H,19,24). The minimum Gasteiger partial charge on any atom is -0.350 e. The second kappa shape index (κ2) is 8.11. The minimum absolute atomic E-state index is 0.0438. The van der Waals surface area contributed by atoms with Gasteiger partial charge in [0, 0.05) is 24.2 Å². The second-order valence-electron chi connectivity index (χ2n) is 5.44. The number of halogens is 1. The number of benzene rings is 1. The molecule has 3 aromatic rings. The highest BCUT2D eigenvalue weighted by molar-refractivity contribution is 7.13. The molecule has 0 atom stereocenters. The topological polar surface area (TPSA) is 107 Å². The van der Waals surface area contributed by atoms with Crippen molar-refractivity contribution < 1.29 is 9.72 Å². The molecule has 1 N–H and O–H groups in total. The molecule has 0 aliphatic heterocycles. The molecule has 0 unspecified atom stereocenters. The first kappa shape index (κ1) is 18.7. The van der Waals surface area contributed by atoms with Crippen molar-refractivity contribution in [2.24, 2.45) is 0 Å². The molecule has 0 aliphatic carbocycles. The molecule has 0 bridgehead atoms. The van der Waals surface area contributed by atoms with Gasteiger partial charge in [0.15, 0.2) is 0 Å². The van der Waals surface area contributed by atoms with Crippen LogP contribution in [-0.2, 0) is 6.54 Å².